The van der Waals surface area contributed by atoms with Crippen LogP contribution < -0.4 is 11.1 Å². The quantitative estimate of drug-likeness (QED) is 0.439. The molecule has 2 atom stereocenters. The van der Waals surface area contributed by atoms with Crippen molar-refractivity contribution in [1.29, 1.82) is 0 Å². The molecule has 5 N–H and O–H groups in total. The molecule has 0 aliphatic heterocycles. The summed E-state index contributed by atoms with van der Waals surface area (Å²) >= 11 is 0. The van der Waals surface area contributed by atoms with E-state index in [2.05, 4.69) is 5.32 Å². The molecule has 0 rings (SSSR count). The van der Waals surface area contributed by atoms with Gasteiger partial charge in [-0.1, -0.05) is 12.2 Å². The third-order valence-electron chi connectivity index (χ3n) is 1.86. The lowest BCUT2D eigenvalue weighted by Gasteiger charge is -2.14. The average Bonchev–Trinajstić information content (AvgIpc) is 2.21. The van der Waals surface area contributed by atoms with E-state index in [4.69, 9.17) is 15.9 Å². The van der Waals surface area contributed by atoms with Gasteiger partial charge in [0.15, 0.2) is 0 Å². The Morgan fingerprint density at radius 1 is 1.29 bits per heavy atom. The zero-order chi connectivity index (χ0) is 13.4. The Balaban J connectivity index is 4.26. The summed E-state index contributed by atoms with van der Waals surface area (Å²) < 4.78 is 0. The Morgan fingerprint density at radius 2 is 1.88 bits per heavy atom. The van der Waals surface area contributed by atoms with Gasteiger partial charge in [0.1, 0.15) is 6.04 Å². The number of aliphatic carboxylic acids is 2. The van der Waals surface area contributed by atoms with Gasteiger partial charge in [-0.15, -0.1) is 0 Å². The minimum atomic E-state index is -1.20. The van der Waals surface area contributed by atoms with Crippen molar-refractivity contribution in [2.24, 2.45) is 5.73 Å². The monoisotopic (exact) mass is 244 g/mol. The number of carbonyl (C=O) groups excluding carboxylic acids is 1. The Morgan fingerprint density at radius 3 is 2.29 bits per heavy atom. The predicted octanol–water partition coefficient (Wildman–Crippen LogP) is -0.676. The summed E-state index contributed by atoms with van der Waals surface area (Å²) in [4.78, 5) is 32.2. The smallest absolute Gasteiger partial charge is 0.326 e. The summed E-state index contributed by atoms with van der Waals surface area (Å²) in [6.07, 6.45) is 2.55. The maximum absolute atomic E-state index is 11.2. The molecule has 7 nitrogen and oxygen atoms in total. The number of carbonyl (C=O) groups is 3. The lowest BCUT2D eigenvalue weighted by atomic mass is 10.1. The highest BCUT2D eigenvalue weighted by Crippen LogP contribution is 1.97. The van der Waals surface area contributed by atoms with Crippen LogP contribution in [0.4, 0.5) is 0 Å². The molecule has 0 saturated heterocycles. The zero-order valence-corrected chi connectivity index (χ0v) is 9.42. The first-order valence-corrected chi connectivity index (χ1v) is 5.00. The molecule has 0 aliphatic rings. The van der Waals surface area contributed by atoms with Gasteiger partial charge in [0.05, 0.1) is 12.5 Å². The molecule has 7 heteroatoms. The number of nitrogens with two attached hydrogens (primary N) is 1. The molecule has 0 bridgehead atoms. The van der Waals surface area contributed by atoms with Gasteiger partial charge in [-0.05, 0) is 13.3 Å². The molecule has 0 heterocycles. The van der Waals surface area contributed by atoms with Crippen molar-refractivity contribution < 1.29 is 24.6 Å². The van der Waals surface area contributed by atoms with Crippen molar-refractivity contribution in [3.05, 3.63) is 12.2 Å². The maximum atomic E-state index is 11.2. The molecule has 2 unspecified atom stereocenters. The average molecular weight is 244 g/mol. The third-order valence-corrected chi connectivity index (χ3v) is 1.86. The van der Waals surface area contributed by atoms with Crippen molar-refractivity contribution in [3.63, 3.8) is 0 Å². The molecule has 0 aromatic rings. The summed E-state index contributed by atoms with van der Waals surface area (Å²) in [5.74, 6) is -2.77. The molecule has 0 saturated carbocycles. The maximum Gasteiger partial charge on any atom is 0.326 e. The van der Waals surface area contributed by atoms with Crippen molar-refractivity contribution >= 4 is 17.8 Å². The summed E-state index contributed by atoms with van der Waals surface area (Å²) in [6, 6.07) is -1.89. The van der Waals surface area contributed by atoms with Crippen molar-refractivity contribution in [3.8, 4) is 0 Å². The van der Waals surface area contributed by atoms with E-state index in [0.29, 0.717) is 0 Å². The number of hydrogen-bond acceptors (Lipinski definition) is 4. The van der Waals surface area contributed by atoms with Crippen molar-refractivity contribution in [2.45, 2.75) is 31.8 Å². The molecule has 96 valence electrons. The second-order valence-corrected chi connectivity index (χ2v) is 3.49. The minimum Gasteiger partial charge on any atom is -0.481 e. The van der Waals surface area contributed by atoms with Gasteiger partial charge in [-0.3, -0.25) is 9.59 Å². The summed E-state index contributed by atoms with van der Waals surface area (Å²) in [6.45, 7) is 1.44. The Bertz CT molecular complexity index is 325. The Hall–Kier alpha value is -1.89. The molecule has 0 aliphatic carbocycles. The number of rotatable bonds is 7. The molecule has 1 amide bonds. The summed E-state index contributed by atoms with van der Waals surface area (Å²) in [7, 11) is 0. The van der Waals surface area contributed by atoms with Gasteiger partial charge >= 0.3 is 11.9 Å². The van der Waals surface area contributed by atoms with E-state index in [9.17, 15) is 14.4 Å². The van der Waals surface area contributed by atoms with E-state index in [1.165, 1.54) is 19.1 Å². The zero-order valence-electron chi connectivity index (χ0n) is 9.42. The second kappa shape index (κ2) is 7.39. The lowest BCUT2D eigenvalue weighted by molar-refractivity contribution is -0.141. The normalized spacial score (nSPS) is 14.2. The van der Waals surface area contributed by atoms with Gasteiger partial charge in [-0.25, -0.2) is 4.79 Å². The fraction of sp³-hybridized carbons (Fsp3) is 0.500. The number of carboxylic acid groups (broad SMARTS) is 2. The first kappa shape index (κ1) is 15.1. The third kappa shape index (κ3) is 7.07. The van der Waals surface area contributed by atoms with Gasteiger partial charge in [-0.2, -0.15) is 0 Å². The largest absolute Gasteiger partial charge is 0.481 e. The molecule has 0 radical (unpaired) electrons. The topological polar surface area (TPSA) is 130 Å². The first-order chi connectivity index (χ1) is 7.84. The molecule has 0 aromatic heterocycles. The number of amides is 1. The fourth-order valence-corrected chi connectivity index (χ4v) is 0.941. The van der Waals surface area contributed by atoms with Crippen LogP contribution >= 0.6 is 0 Å². The number of hydrogen-bond donors (Lipinski definition) is 4. The highest BCUT2D eigenvalue weighted by Gasteiger charge is 2.19. The molecule has 17 heavy (non-hydrogen) atoms. The van der Waals surface area contributed by atoms with E-state index < -0.39 is 29.9 Å². The van der Waals surface area contributed by atoms with E-state index in [1.807, 2.05) is 0 Å². The van der Waals surface area contributed by atoms with Crippen LogP contribution in [0.1, 0.15) is 19.8 Å². The molecular weight excluding hydrogens is 228 g/mol. The van der Waals surface area contributed by atoms with Gasteiger partial charge in [0.2, 0.25) is 5.91 Å². The van der Waals surface area contributed by atoms with Crippen LogP contribution in [0.3, 0.4) is 0 Å². The van der Waals surface area contributed by atoms with Crippen LogP contribution in [0.25, 0.3) is 0 Å². The predicted molar refractivity (Wildman–Crippen MR) is 59.2 cm³/mol. The summed E-state index contributed by atoms with van der Waals surface area (Å²) in [5.41, 5.74) is 5.28. The second-order valence-electron chi connectivity index (χ2n) is 3.49. The van der Waals surface area contributed by atoms with Crippen molar-refractivity contribution in [1.82, 2.24) is 5.32 Å². The molecule has 0 aromatic carbocycles. The van der Waals surface area contributed by atoms with Gasteiger partial charge < -0.3 is 21.3 Å². The van der Waals surface area contributed by atoms with E-state index in [1.54, 1.807) is 0 Å². The molecule has 0 spiro atoms. The van der Waals surface area contributed by atoms with E-state index in [0.717, 1.165) is 0 Å². The van der Waals surface area contributed by atoms with Crippen LogP contribution in [-0.4, -0.2) is 40.1 Å². The van der Waals surface area contributed by atoms with Gasteiger partial charge in [0, 0.05) is 0 Å². The molecule has 0 fully saturated rings. The lowest BCUT2D eigenvalue weighted by Crippen LogP contribution is -2.47. The first-order valence-electron chi connectivity index (χ1n) is 5.00. The highest BCUT2D eigenvalue weighted by molar-refractivity contribution is 5.86. The van der Waals surface area contributed by atoms with Crippen LogP contribution in [-0.2, 0) is 14.4 Å². The SMILES string of the molecule is CC(N)C(=O)NC(C/C=C/CC(=O)O)C(=O)O. The standard InChI is InChI=1S/C10H16N2O5/c1-6(11)9(15)12-7(10(16)17)4-2-3-5-8(13)14/h2-3,6-7H,4-5,11H2,1H3,(H,12,15)(H,13,14)(H,16,17)/b3-2+. The number of carboxylic acids is 2. The van der Waals surface area contributed by atoms with Crippen LogP contribution in [0.15, 0.2) is 12.2 Å². The Kier molecular flexibility index (Phi) is 6.57. The highest BCUT2D eigenvalue weighted by atomic mass is 16.4. The van der Waals surface area contributed by atoms with Crippen LogP contribution in [0, 0.1) is 0 Å². The summed E-state index contributed by atoms with van der Waals surface area (Å²) in [5, 5.41) is 19.4. The molecular formula is C10H16N2O5. The van der Waals surface area contributed by atoms with Gasteiger partial charge in [0.25, 0.3) is 0 Å². The van der Waals surface area contributed by atoms with Crippen LogP contribution in [0.2, 0.25) is 0 Å². The fourth-order valence-electron chi connectivity index (χ4n) is 0.941. The van der Waals surface area contributed by atoms with E-state index >= 15 is 0 Å². The van der Waals surface area contributed by atoms with Crippen molar-refractivity contribution in [2.75, 3.05) is 0 Å². The minimum absolute atomic E-state index is 0.0150. The number of nitrogens with one attached hydrogen (secondary N) is 1. The Labute approximate surface area is 98.3 Å². The van der Waals surface area contributed by atoms with Crippen LogP contribution in [0.5, 0.6) is 0 Å². The van der Waals surface area contributed by atoms with E-state index in [-0.39, 0.29) is 12.8 Å².